The largest absolute Gasteiger partial charge is 0.497 e. The molecule has 2 atom stereocenters. The molecular formula is C30H27F2N5O4. The summed E-state index contributed by atoms with van der Waals surface area (Å²) >= 11 is 0. The van der Waals surface area contributed by atoms with Gasteiger partial charge in [0.05, 0.1) is 35.8 Å². The molecule has 0 fully saturated rings. The molecule has 0 saturated carbocycles. The Bertz CT molecular complexity index is 1740. The molecule has 2 aromatic heterocycles. The molecule has 0 aliphatic rings. The van der Waals surface area contributed by atoms with Gasteiger partial charge < -0.3 is 30.1 Å². The van der Waals surface area contributed by atoms with Crippen LogP contribution in [-0.4, -0.2) is 34.6 Å². The number of hydrogen-bond donors (Lipinski definition) is 4. The lowest BCUT2D eigenvalue weighted by Crippen LogP contribution is -2.29. The molecule has 5 aromatic rings. The fourth-order valence-electron chi connectivity index (χ4n) is 4.35. The average molecular weight is 560 g/mol. The molecule has 5 rings (SSSR count). The molecule has 2 unspecified atom stereocenters. The summed E-state index contributed by atoms with van der Waals surface area (Å²) in [6, 6.07) is 18.3. The van der Waals surface area contributed by atoms with Crippen molar-refractivity contribution < 1.29 is 23.0 Å². The predicted molar refractivity (Wildman–Crippen MR) is 150 cm³/mol. The van der Waals surface area contributed by atoms with Gasteiger partial charge in [0.25, 0.3) is 5.91 Å². The Kier molecular flexibility index (Phi) is 7.95. The van der Waals surface area contributed by atoms with Crippen molar-refractivity contribution in [3.8, 4) is 11.5 Å². The lowest BCUT2D eigenvalue weighted by atomic mass is 10.1. The molecule has 0 radical (unpaired) electrons. The number of pyridine rings is 1. The third-order valence-electron chi connectivity index (χ3n) is 6.58. The quantitative estimate of drug-likeness (QED) is 0.185. The summed E-state index contributed by atoms with van der Waals surface area (Å²) in [5, 5.41) is 6.13. The number of nitrogens with one attached hydrogen (secondary N) is 4. The van der Waals surface area contributed by atoms with Gasteiger partial charge in [-0.1, -0.05) is 18.2 Å². The number of ether oxygens (including phenoxy) is 2. The van der Waals surface area contributed by atoms with E-state index in [-0.39, 0.29) is 17.9 Å². The summed E-state index contributed by atoms with van der Waals surface area (Å²) in [6.45, 7) is 1.83. The van der Waals surface area contributed by atoms with Crippen molar-refractivity contribution in [3.63, 3.8) is 0 Å². The molecular weight excluding hydrogens is 532 g/mol. The number of anilines is 1. The maximum atomic E-state index is 13.7. The molecule has 2 heterocycles. The van der Waals surface area contributed by atoms with Gasteiger partial charge in [0.2, 0.25) is 0 Å². The number of aromatic nitrogens is 3. The fraction of sp³-hybridized carbons (Fsp3) is 0.167. The summed E-state index contributed by atoms with van der Waals surface area (Å²) in [7, 11) is 1.58. The lowest BCUT2D eigenvalue weighted by molar-refractivity contribution is 0.0940. The normalized spacial score (nSPS) is 12.5. The number of carbonyl (C=O) groups excluding carboxylic acids is 1. The van der Waals surface area contributed by atoms with E-state index in [2.05, 4.69) is 25.6 Å². The van der Waals surface area contributed by atoms with E-state index in [0.29, 0.717) is 33.9 Å². The van der Waals surface area contributed by atoms with Crippen LogP contribution >= 0.6 is 0 Å². The Morgan fingerprint density at radius 1 is 0.927 bits per heavy atom. The van der Waals surface area contributed by atoms with Crippen molar-refractivity contribution in [1.29, 1.82) is 0 Å². The molecule has 11 heteroatoms. The number of halogens is 2. The number of fused-ring (bicyclic) bond motifs is 1. The van der Waals surface area contributed by atoms with Crippen molar-refractivity contribution in [2.24, 2.45) is 0 Å². The van der Waals surface area contributed by atoms with Crippen LogP contribution in [0.1, 0.15) is 40.5 Å². The summed E-state index contributed by atoms with van der Waals surface area (Å²) in [4.78, 5) is 34.7. The number of hydrogen-bond acceptors (Lipinski definition) is 6. The van der Waals surface area contributed by atoms with E-state index in [0.717, 1.165) is 17.7 Å². The summed E-state index contributed by atoms with van der Waals surface area (Å²) in [6.07, 6.45) is 1.56. The fourth-order valence-corrected chi connectivity index (χ4v) is 4.35. The number of benzene rings is 3. The standard InChI is InChI=1S/C30H27F2N5O4/c1-17(19-7-11-23(31)24(32)14-19)34-29(38)22-4-3-13-33-28(22)35-27(18-5-8-20(40-2)9-6-18)16-41-21-10-12-25-26(15-21)37-30(39)36-25/h3-15,17,27H,16H2,1-2H3,(H,33,35)(H,34,38)(H2,36,37,39). The Balaban J connectivity index is 1.38. The van der Waals surface area contributed by atoms with Gasteiger partial charge in [0, 0.05) is 12.3 Å². The predicted octanol–water partition coefficient (Wildman–Crippen LogP) is 5.26. The minimum atomic E-state index is -0.989. The number of H-pyrrole nitrogens is 2. The molecule has 0 aliphatic heterocycles. The van der Waals surface area contributed by atoms with Gasteiger partial charge in [-0.25, -0.2) is 18.6 Å². The van der Waals surface area contributed by atoms with Crippen LogP contribution in [0.5, 0.6) is 11.5 Å². The second-order valence-electron chi connectivity index (χ2n) is 9.34. The average Bonchev–Trinajstić information content (AvgIpc) is 3.36. The SMILES string of the molecule is COc1ccc(C(COc2ccc3[nH]c(=O)[nH]c3c2)Nc2ncccc2C(=O)NC(C)c2ccc(F)c(F)c2)cc1. The molecule has 0 bridgehead atoms. The molecule has 3 aromatic carbocycles. The topological polar surface area (TPSA) is 121 Å². The first-order valence-electron chi connectivity index (χ1n) is 12.8. The van der Waals surface area contributed by atoms with Crippen LogP contribution in [0.3, 0.4) is 0 Å². The first-order chi connectivity index (χ1) is 19.8. The van der Waals surface area contributed by atoms with Gasteiger partial charge in [-0.2, -0.15) is 0 Å². The van der Waals surface area contributed by atoms with E-state index in [1.807, 2.05) is 24.3 Å². The highest BCUT2D eigenvalue weighted by atomic mass is 19.2. The molecule has 4 N–H and O–H groups in total. The van der Waals surface area contributed by atoms with E-state index in [1.54, 1.807) is 50.6 Å². The number of nitrogens with zero attached hydrogens (tertiary/aromatic N) is 1. The zero-order valence-electron chi connectivity index (χ0n) is 22.2. The Labute approximate surface area is 233 Å². The highest BCUT2D eigenvalue weighted by molar-refractivity contribution is 5.99. The molecule has 0 saturated heterocycles. The number of imidazole rings is 1. The van der Waals surface area contributed by atoms with Gasteiger partial charge in [-0.05, 0) is 66.6 Å². The smallest absolute Gasteiger partial charge is 0.323 e. The zero-order valence-corrected chi connectivity index (χ0v) is 22.2. The molecule has 210 valence electrons. The first-order valence-corrected chi connectivity index (χ1v) is 12.8. The molecule has 0 aliphatic carbocycles. The van der Waals surface area contributed by atoms with Crippen molar-refractivity contribution in [1.82, 2.24) is 20.3 Å². The number of aromatic amines is 2. The van der Waals surface area contributed by atoms with Gasteiger partial charge in [-0.3, -0.25) is 4.79 Å². The molecule has 9 nitrogen and oxygen atoms in total. The van der Waals surface area contributed by atoms with Crippen LogP contribution in [0, 0.1) is 11.6 Å². The van der Waals surface area contributed by atoms with E-state index in [9.17, 15) is 18.4 Å². The minimum Gasteiger partial charge on any atom is -0.497 e. The van der Waals surface area contributed by atoms with E-state index >= 15 is 0 Å². The van der Waals surface area contributed by atoms with Crippen molar-refractivity contribution in [2.45, 2.75) is 19.0 Å². The molecule has 0 spiro atoms. The Morgan fingerprint density at radius 3 is 2.41 bits per heavy atom. The van der Waals surface area contributed by atoms with Gasteiger partial charge in [0.15, 0.2) is 11.6 Å². The second kappa shape index (κ2) is 11.9. The van der Waals surface area contributed by atoms with Crippen LogP contribution in [-0.2, 0) is 0 Å². The minimum absolute atomic E-state index is 0.148. The molecule has 1 amide bonds. The van der Waals surface area contributed by atoms with Crippen molar-refractivity contribution in [2.75, 3.05) is 19.0 Å². The Hall–Kier alpha value is -5.19. The highest BCUT2D eigenvalue weighted by Gasteiger charge is 2.21. The first kappa shape index (κ1) is 27.4. The van der Waals surface area contributed by atoms with Gasteiger partial charge in [0.1, 0.15) is 23.9 Å². The maximum Gasteiger partial charge on any atom is 0.323 e. The van der Waals surface area contributed by atoms with Crippen LogP contribution < -0.4 is 25.8 Å². The molecule has 41 heavy (non-hydrogen) atoms. The van der Waals surface area contributed by atoms with Crippen molar-refractivity contribution in [3.05, 3.63) is 118 Å². The van der Waals surface area contributed by atoms with Crippen LogP contribution in [0.2, 0.25) is 0 Å². The third-order valence-corrected chi connectivity index (χ3v) is 6.58. The summed E-state index contributed by atoms with van der Waals surface area (Å²) in [5.74, 6) is -0.881. The maximum absolute atomic E-state index is 13.7. The number of amides is 1. The Morgan fingerprint density at radius 2 is 1.66 bits per heavy atom. The van der Waals surface area contributed by atoms with Crippen molar-refractivity contribution >= 4 is 22.8 Å². The van der Waals surface area contributed by atoms with E-state index < -0.39 is 29.6 Å². The van der Waals surface area contributed by atoms with Gasteiger partial charge >= 0.3 is 5.69 Å². The van der Waals surface area contributed by atoms with E-state index in [1.165, 1.54) is 6.07 Å². The summed E-state index contributed by atoms with van der Waals surface area (Å²) in [5.41, 5.74) is 2.48. The highest BCUT2D eigenvalue weighted by Crippen LogP contribution is 2.26. The van der Waals surface area contributed by atoms with Gasteiger partial charge in [-0.15, -0.1) is 0 Å². The number of carbonyl (C=O) groups is 1. The monoisotopic (exact) mass is 559 g/mol. The number of rotatable bonds is 10. The van der Waals surface area contributed by atoms with E-state index in [4.69, 9.17) is 9.47 Å². The lowest BCUT2D eigenvalue weighted by Gasteiger charge is -2.22. The summed E-state index contributed by atoms with van der Waals surface area (Å²) < 4.78 is 38.5. The second-order valence-corrected chi connectivity index (χ2v) is 9.34. The third kappa shape index (κ3) is 6.35. The zero-order chi connectivity index (χ0) is 28.9. The number of methoxy groups -OCH3 is 1. The van der Waals surface area contributed by atoms with Crippen LogP contribution in [0.4, 0.5) is 14.6 Å². The van der Waals surface area contributed by atoms with Crippen LogP contribution in [0.15, 0.2) is 83.8 Å². The van der Waals surface area contributed by atoms with Crippen LogP contribution in [0.25, 0.3) is 11.0 Å².